The molecular formula is C12H21N. The van der Waals surface area contributed by atoms with Crippen molar-refractivity contribution >= 4 is 5.69 Å². The third-order valence-electron chi connectivity index (χ3n) is 1.88. The first-order valence-electron chi connectivity index (χ1n) is 4.86. The van der Waals surface area contributed by atoms with Crippen molar-refractivity contribution in [3.63, 3.8) is 0 Å². The van der Waals surface area contributed by atoms with Gasteiger partial charge in [0.25, 0.3) is 0 Å². The number of nitrogen functional groups attached to an aromatic ring is 1. The van der Waals surface area contributed by atoms with E-state index in [0.717, 1.165) is 5.69 Å². The summed E-state index contributed by atoms with van der Waals surface area (Å²) in [6, 6.07) is 4.13. The second-order valence-corrected chi connectivity index (χ2v) is 3.50. The van der Waals surface area contributed by atoms with Gasteiger partial charge in [0.2, 0.25) is 0 Å². The highest BCUT2D eigenvalue weighted by Crippen LogP contribution is 2.16. The number of anilines is 1. The Labute approximate surface area is 82.0 Å². The van der Waals surface area contributed by atoms with Crippen LogP contribution < -0.4 is 5.73 Å². The minimum atomic E-state index is 0.892. The zero-order valence-corrected chi connectivity index (χ0v) is 9.44. The van der Waals surface area contributed by atoms with E-state index in [1.807, 2.05) is 13.0 Å². The van der Waals surface area contributed by atoms with Crippen molar-refractivity contribution in [2.45, 2.75) is 41.0 Å². The minimum Gasteiger partial charge on any atom is -0.399 e. The molecule has 13 heavy (non-hydrogen) atoms. The molecule has 0 aliphatic rings. The van der Waals surface area contributed by atoms with E-state index in [1.165, 1.54) is 23.1 Å². The summed E-state index contributed by atoms with van der Waals surface area (Å²) in [5.41, 5.74) is 10.3. The molecule has 0 heterocycles. The van der Waals surface area contributed by atoms with Crippen molar-refractivity contribution in [1.82, 2.24) is 0 Å². The van der Waals surface area contributed by atoms with Crippen molar-refractivity contribution in [1.29, 1.82) is 0 Å². The van der Waals surface area contributed by atoms with Crippen LogP contribution >= 0.6 is 0 Å². The van der Waals surface area contributed by atoms with Gasteiger partial charge in [0, 0.05) is 5.69 Å². The van der Waals surface area contributed by atoms with Gasteiger partial charge in [-0.15, -0.1) is 0 Å². The van der Waals surface area contributed by atoms with Crippen LogP contribution in [0.4, 0.5) is 5.69 Å². The lowest BCUT2D eigenvalue weighted by Crippen LogP contribution is -1.91. The summed E-state index contributed by atoms with van der Waals surface area (Å²) in [5, 5.41) is 0. The molecule has 1 nitrogen and oxygen atoms in total. The molecular weight excluding hydrogens is 158 g/mol. The molecule has 0 atom stereocenters. The van der Waals surface area contributed by atoms with Gasteiger partial charge in [-0.25, -0.2) is 0 Å². The normalized spacial score (nSPS) is 9.00. The Hall–Kier alpha value is -0.980. The average Bonchev–Trinajstić information content (AvgIpc) is 2.03. The monoisotopic (exact) mass is 179 g/mol. The molecule has 0 spiro atoms. The quantitative estimate of drug-likeness (QED) is 0.605. The summed E-state index contributed by atoms with van der Waals surface area (Å²) < 4.78 is 0. The number of aryl methyl sites for hydroxylation is 3. The lowest BCUT2D eigenvalue weighted by Gasteiger charge is -2.03. The molecule has 0 aliphatic carbocycles. The summed E-state index contributed by atoms with van der Waals surface area (Å²) >= 11 is 0. The maximum absolute atomic E-state index is 5.69. The fourth-order valence-corrected chi connectivity index (χ4v) is 0.983. The van der Waals surface area contributed by atoms with Gasteiger partial charge < -0.3 is 5.73 Å². The predicted molar refractivity (Wildman–Crippen MR) is 61.0 cm³/mol. The van der Waals surface area contributed by atoms with E-state index in [2.05, 4.69) is 33.8 Å². The molecule has 0 saturated carbocycles. The van der Waals surface area contributed by atoms with E-state index >= 15 is 0 Å². The fourth-order valence-electron chi connectivity index (χ4n) is 0.983. The van der Waals surface area contributed by atoms with Gasteiger partial charge >= 0.3 is 0 Å². The van der Waals surface area contributed by atoms with E-state index in [4.69, 9.17) is 5.73 Å². The zero-order valence-electron chi connectivity index (χ0n) is 9.44. The third-order valence-corrected chi connectivity index (χ3v) is 1.88. The molecule has 0 aliphatic heterocycles. The van der Waals surface area contributed by atoms with Crippen molar-refractivity contribution in [2.75, 3.05) is 5.73 Å². The Kier molecular flexibility index (Phi) is 5.20. The molecule has 0 saturated heterocycles. The zero-order chi connectivity index (χ0) is 10.4. The molecule has 1 aromatic rings. The smallest absolute Gasteiger partial charge is 0.0346 e. The van der Waals surface area contributed by atoms with Crippen molar-refractivity contribution < 1.29 is 0 Å². The maximum atomic E-state index is 5.69. The summed E-state index contributed by atoms with van der Waals surface area (Å²) in [7, 11) is 0. The molecule has 0 amide bonds. The standard InChI is InChI=1S/C9H13N.C3H8/c1-6-4-8(3)9(10)5-7(6)2;1-3-2/h4-5H,10H2,1-3H3;3H2,1-2H3. The lowest BCUT2D eigenvalue weighted by molar-refractivity contribution is 1.09. The molecule has 0 unspecified atom stereocenters. The summed E-state index contributed by atoms with van der Waals surface area (Å²) in [6.45, 7) is 10.5. The number of benzene rings is 1. The Morgan fingerprint density at radius 2 is 1.31 bits per heavy atom. The van der Waals surface area contributed by atoms with E-state index < -0.39 is 0 Å². The van der Waals surface area contributed by atoms with Crippen LogP contribution in [0.15, 0.2) is 12.1 Å². The predicted octanol–water partition coefficient (Wildman–Crippen LogP) is 3.61. The topological polar surface area (TPSA) is 26.0 Å². The summed E-state index contributed by atoms with van der Waals surface area (Å²) in [4.78, 5) is 0. The average molecular weight is 179 g/mol. The van der Waals surface area contributed by atoms with Crippen molar-refractivity contribution in [2.24, 2.45) is 0 Å². The van der Waals surface area contributed by atoms with Gasteiger partial charge in [0.15, 0.2) is 0 Å². The van der Waals surface area contributed by atoms with E-state index in [-0.39, 0.29) is 0 Å². The molecule has 0 bridgehead atoms. The largest absolute Gasteiger partial charge is 0.399 e. The van der Waals surface area contributed by atoms with Gasteiger partial charge in [0.1, 0.15) is 0 Å². The van der Waals surface area contributed by atoms with Gasteiger partial charge in [-0.3, -0.25) is 0 Å². The van der Waals surface area contributed by atoms with Crippen LogP contribution in [-0.4, -0.2) is 0 Å². The molecule has 0 aromatic heterocycles. The number of nitrogens with two attached hydrogens (primary N) is 1. The van der Waals surface area contributed by atoms with Crippen LogP contribution in [0.3, 0.4) is 0 Å². The van der Waals surface area contributed by atoms with Crippen molar-refractivity contribution in [3.05, 3.63) is 28.8 Å². The first-order chi connectivity index (χ1) is 6.02. The van der Waals surface area contributed by atoms with E-state index in [1.54, 1.807) is 0 Å². The molecule has 1 rings (SSSR count). The first-order valence-corrected chi connectivity index (χ1v) is 4.86. The second kappa shape index (κ2) is 5.63. The Balaban J connectivity index is 0.000000424. The molecule has 1 heteroatoms. The molecule has 74 valence electrons. The SMILES string of the molecule is CCC.Cc1cc(C)c(N)cc1C. The molecule has 1 aromatic carbocycles. The van der Waals surface area contributed by atoms with E-state index in [9.17, 15) is 0 Å². The second-order valence-electron chi connectivity index (χ2n) is 3.50. The third kappa shape index (κ3) is 3.97. The number of hydrogen-bond acceptors (Lipinski definition) is 1. The molecule has 0 radical (unpaired) electrons. The molecule has 2 N–H and O–H groups in total. The highest BCUT2D eigenvalue weighted by atomic mass is 14.6. The highest BCUT2D eigenvalue weighted by Gasteiger charge is 1.95. The summed E-state index contributed by atoms with van der Waals surface area (Å²) in [6.07, 6.45) is 1.25. The van der Waals surface area contributed by atoms with Crippen LogP contribution in [-0.2, 0) is 0 Å². The number of hydrogen-bond donors (Lipinski definition) is 1. The van der Waals surface area contributed by atoms with Gasteiger partial charge in [-0.2, -0.15) is 0 Å². The van der Waals surface area contributed by atoms with Gasteiger partial charge in [0.05, 0.1) is 0 Å². The lowest BCUT2D eigenvalue weighted by atomic mass is 10.1. The van der Waals surface area contributed by atoms with Gasteiger partial charge in [-0.05, 0) is 43.5 Å². The number of rotatable bonds is 0. The maximum Gasteiger partial charge on any atom is 0.0346 e. The van der Waals surface area contributed by atoms with Crippen LogP contribution in [0.5, 0.6) is 0 Å². The Morgan fingerprint density at radius 3 is 1.69 bits per heavy atom. The fraction of sp³-hybridized carbons (Fsp3) is 0.500. The van der Waals surface area contributed by atoms with E-state index in [0.29, 0.717) is 0 Å². The first kappa shape index (κ1) is 12.0. The summed E-state index contributed by atoms with van der Waals surface area (Å²) in [5.74, 6) is 0. The highest BCUT2D eigenvalue weighted by molar-refractivity contribution is 5.50. The van der Waals surface area contributed by atoms with Crippen LogP contribution in [0.1, 0.15) is 37.0 Å². The van der Waals surface area contributed by atoms with Crippen molar-refractivity contribution in [3.8, 4) is 0 Å². The van der Waals surface area contributed by atoms with Gasteiger partial charge in [-0.1, -0.05) is 26.3 Å². The minimum absolute atomic E-state index is 0.892. The Bertz CT molecular complexity index is 214. The van der Waals surface area contributed by atoms with Crippen LogP contribution in [0, 0.1) is 20.8 Å². The van der Waals surface area contributed by atoms with Crippen LogP contribution in [0.25, 0.3) is 0 Å². The Morgan fingerprint density at radius 1 is 0.923 bits per heavy atom. The van der Waals surface area contributed by atoms with Crippen LogP contribution in [0.2, 0.25) is 0 Å². The molecule has 0 fully saturated rings.